The van der Waals surface area contributed by atoms with Crippen molar-refractivity contribution >= 4 is 39.7 Å². The maximum Gasteiger partial charge on any atom is 0.417 e. The van der Waals surface area contributed by atoms with E-state index in [9.17, 15) is 18.0 Å². The molecule has 0 saturated heterocycles. The number of hydrogen-bond acceptors (Lipinski definition) is 6. The fourth-order valence-corrected chi connectivity index (χ4v) is 4.40. The fraction of sp³-hybridized carbons (Fsp3) is 0.160. The highest BCUT2D eigenvalue weighted by molar-refractivity contribution is 6.07. The number of benzene rings is 1. The molecule has 2 N–H and O–H groups in total. The van der Waals surface area contributed by atoms with Gasteiger partial charge in [0.2, 0.25) is 0 Å². The molecule has 0 aliphatic heterocycles. The summed E-state index contributed by atoms with van der Waals surface area (Å²) in [4.78, 5) is 26.7. The molecule has 1 aromatic carbocycles. The number of alkyl halides is 3. The zero-order valence-corrected chi connectivity index (χ0v) is 20.6. The van der Waals surface area contributed by atoms with Crippen LogP contribution in [-0.2, 0) is 19.7 Å². The SMILES string of the molecule is [2H]C([2H])(c1cn2cc(C(F)(F)F)ccc2n1)N(C(=O)c1cc2c(cc1F)nc(N)c1cnc(C)n12)c1c(F)cnn1C. The summed E-state index contributed by atoms with van der Waals surface area (Å²) in [5, 5.41) is 3.73. The maximum atomic E-state index is 15.5. The van der Waals surface area contributed by atoms with Crippen LogP contribution >= 0.6 is 0 Å². The third-order valence-corrected chi connectivity index (χ3v) is 6.26. The van der Waals surface area contributed by atoms with Crippen molar-refractivity contribution in [1.29, 1.82) is 0 Å². The van der Waals surface area contributed by atoms with E-state index < -0.39 is 52.9 Å². The van der Waals surface area contributed by atoms with E-state index in [1.807, 2.05) is 0 Å². The second-order valence-corrected chi connectivity index (χ2v) is 8.84. The van der Waals surface area contributed by atoms with Gasteiger partial charge in [-0.05, 0) is 25.1 Å². The Labute approximate surface area is 223 Å². The zero-order chi connectivity index (χ0) is 30.3. The molecule has 6 aromatic rings. The fourth-order valence-electron chi connectivity index (χ4n) is 4.40. The van der Waals surface area contributed by atoms with Crippen molar-refractivity contribution in [2.75, 3.05) is 10.6 Å². The Morgan fingerprint density at radius 3 is 2.58 bits per heavy atom. The number of aromatic nitrogens is 7. The number of carbonyl (C=O) groups excluding carboxylic acids is 1. The van der Waals surface area contributed by atoms with E-state index in [4.69, 9.17) is 8.48 Å². The second kappa shape index (κ2) is 8.72. The number of amides is 1. The van der Waals surface area contributed by atoms with Gasteiger partial charge in [-0.15, -0.1) is 0 Å². The van der Waals surface area contributed by atoms with Crippen molar-refractivity contribution in [2.24, 2.45) is 7.05 Å². The molecule has 0 saturated carbocycles. The van der Waals surface area contributed by atoms with Crippen LogP contribution in [0.15, 0.2) is 49.1 Å². The van der Waals surface area contributed by atoms with Crippen LogP contribution in [0.25, 0.3) is 22.2 Å². The molecule has 40 heavy (non-hydrogen) atoms. The van der Waals surface area contributed by atoms with E-state index in [1.54, 1.807) is 6.92 Å². The highest BCUT2D eigenvalue weighted by Gasteiger charge is 2.32. The van der Waals surface area contributed by atoms with Crippen LogP contribution in [0, 0.1) is 18.6 Å². The minimum atomic E-state index is -4.69. The number of nitrogen functional groups attached to an aromatic ring is 1. The number of fused-ring (bicyclic) bond motifs is 4. The molecule has 0 aliphatic rings. The summed E-state index contributed by atoms with van der Waals surface area (Å²) in [6, 6.07) is 3.81. The van der Waals surface area contributed by atoms with Gasteiger partial charge in [-0.1, -0.05) is 0 Å². The van der Waals surface area contributed by atoms with Gasteiger partial charge in [0.05, 0.1) is 49.5 Å². The van der Waals surface area contributed by atoms with Crippen molar-refractivity contribution in [2.45, 2.75) is 19.6 Å². The lowest BCUT2D eigenvalue weighted by atomic mass is 10.1. The average Bonchev–Trinajstić information content (AvgIpc) is 3.61. The summed E-state index contributed by atoms with van der Waals surface area (Å²) in [5.74, 6) is -3.78. The number of nitrogens with two attached hydrogens (primary N) is 1. The Kier molecular flexibility index (Phi) is 4.99. The Morgan fingerprint density at radius 1 is 1.10 bits per heavy atom. The summed E-state index contributed by atoms with van der Waals surface area (Å²) in [6.07, 6.45) is -0.901. The van der Waals surface area contributed by atoms with E-state index >= 15 is 8.78 Å². The van der Waals surface area contributed by atoms with E-state index in [1.165, 1.54) is 17.6 Å². The molecule has 0 bridgehead atoms. The van der Waals surface area contributed by atoms with Crippen LogP contribution in [0.3, 0.4) is 0 Å². The van der Waals surface area contributed by atoms with Crippen molar-refractivity contribution < 1.29 is 29.5 Å². The van der Waals surface area contributed by atoms with E-state index in [2.05, 4.69) is 20.1 Å². The van der Waals surface area contributed by atoms with Gasteiger partial charge in [0.25, 0.3) is 5.91 Å². The van der Waals surface area contributed by atoms with Gasteiger partial charge >= 0.3 is 6.18 Å². The minimum Gasteiger partial charge on any atom is -0.382 e. The first kappa shape index (κ1) is 22.9. The van der Waals surface area contributed by atoms with E-state index in [-0.39, 0.29) is 22.5 Å². The lowest BCUT2D eigenvalue weighted by Crippen LogP contribution is -2.33. The van der Waals surface area contributed by atoms with Crippen molar-refractivity contribution in [3.05, 3.63) is 83.3 Å². The number of nitrogens with zero attached hydrogens (tertiary/aromatic N) is 8. The van der Waals surface area contributed by atoms with Gasteiger partial charge in [-0.3, -0.25) is 14.1 Å². The summed E-state index contributed by atoms with van der Waals surface area (Å²) in [5.41, 5.74) is 4.28. The summed E-state index contributed by atoms with van der Waals surface area (Å²) in [6.45, 7) is -1.39. The number of aryl methyl sites for hydroxylation is 2. The number of halogens is 5. The highest BCUT2D eigenvalue weighted by Crippen LogP contribution is 2.30. The van der Waals surface area contributed by atoms with Crippen molar-refractivity contribution in [3.63, 3.8) is 0 Å². The van der Waals surface area contributed by atoms with Gasteiger partial charge < -0.3 is 10.1 Å². The lowest BCUT2D eigenvalue weighted by molar-refractivity contribution is -0.137. The van der Waals surface area contributed by atoms with E-state index in [0.717, 1.165) is 45.7 Å². The van der Waals surface area contributed by atoms with Gasteiger partial charge in [-0.25, -0.2) is 28.4 Å². The van der Waals surface area contributed by atoms with Gasteiger partial charge in [0.1, 0.15) is 28.6 Å². The Hall–Kier alpha value is -5.08. The van der Waals surface area contributed by atoms with Crippen LogP contribution in [0.5, 0.6) is 0 Å². The Balaban J connectivity index is 1.56. The number of pyridine rings is 1. The second-order valence-electron chi connectivity index (χ2n) is 8.84. The van der Waals surface area contributed by atoms with Crippen molar-refractivity contribution in [1.82, 2.24) is 33.5 Å². The molecule has 0 unspecified atom stereocenters. The highest BCUT2D eigenvalue weighted by atomic mass is 19.4. The zero-order valence-electron chi connectivity index (χ0n) is 22.6. The van der Waals surface area contributed by atoms with Gasteiger partial charge in [0.15, 0.2) is 11.6 Å². The van der Waals surface area contributed by atoms with Gasteiger partial charge in [0, 0.05) is 25.5 Å². The molecular formula is C25H18F5N9O. The van der Waals surface area contributed by atoms with Crippen LogP contribution < -0.4 is 10.6 Å². The van der Waals surface area contributed by atoms with Crippen LogP contribution in [0.2, 0.25) is 0 Å². The first-order valence-electron chi connectivity index (χ1n) is 12.5. The predicted octanol–water partition coefficient (Wildman–Crippen LogP) is 4.30. The largest absolute Gasteiger partial charge is 0.417 e. The predicted molar refractivity (Wildman–Crippen MR) is 133 cm³/mol. The molecule has 0 fully saturated rings. The molecule has 204 valence electrons. The molecule has 5 heterocycles. The number of rotatable bonds is 4. The monoisotopic (exact) mass is 557 g/mol. The molecule has 6 rings (SSSR count). The standard InChI is InChI=1S/C25H18F5N9O/c1-12-32-8-20-22(31)35-18-6-16(26)15(5-19(18)39(12)20)24(40)38(23-17(27)7-33-36(23)2)11-14-10-37-9-13(25(28,29)30)3-4-21(37)34-14/h3-10H,11H2,1-2H3,(H2,31,35)/i11D2. The number of carbonyl (C=O) groups is 1. The van der Waals surface area contributed by atoms with Crippen LogP contribution in [0.1, 0.15) is 30.2 Å². The number of anilines is 2. The average molecular weight is 557 g/mol. The van der Waals surface area contributed by atoms with Crippen molar-refractivity contribution in [3.8, 4) is 0 Å². The molecular weight excluding hydrogens is 537 g/mol. The summed E-state index contributed by atoms with van der Waals surface area (Å²) < 4.78 is 91.5. The summed E-state index contributed by atoms with van der Waals surface area (Å²) in [7, 11) is 1.23. The molecule has 0 spiro atoms. The maximum absolute atomic E-state index is 15.5. The molecule has 0 radical (unpaired) electrons. The topological polar surface area (TPSA) is 112 Å². The molecule has 0 atom stereocenters. The Bertz CT molecular complexity index is 2050. The van der Waals surface area contributed by atoms with Crippen LogP contribution in [0.4, 0.5) is 33.6 Å². The summed E-state index contributed by atoms with van der Waals surface area (Å²) >= 11 is 0. The number of hydrogen-bond donors (Lipinski definition) is 1. The lowest BCUT2D eigenvalue weighted by Gasteiger charge is -2.22. The Morgan fingerprint density at radius 2 is 1.88 bits per heavy atom. The number of imidazole rings is 2. The first-order valence-corrected chi connectivity index (χ1v) is 11.5. The van der Waals surface area contributed by atoms with Gasteiger partial charge in [-0.2, -0.15) is 18.3 Å². The quantitative estimate of drug-likeness (QED) is 0.324. The third-order valence-electron chi connectivity index (χ3n) is 6.26. The van der Waals surface area contributed by atoms with Crippen LogP contribution in [-0.4, -0.2) is 39.4 Å². The normalized spacial score (nSPS) is 13.3. The molecule has 15 heteroatoms. The molecule has 5 aromatic heterocycles. The minimum absolute atomic E-state index is 0.0528. The van der Waals surface area contributed by atoms with E-state index in [0.29, 0.717) is 22.4 Å². The molecule has 1 amide bonds. The molecule has 0 aliphatic carbocycles. The smallest absolute Gasteiger partial charge is 0.382 e. The first-order chi connectivity index (χ1) is 19.7. The third kappa shape index (κ3) is 3.97. The molecule has 10 nitrogen and oxygen atoms in total.